The number of nitrogens with one attached hydrogen (secondary N) is 9. The van der Waals surface area contributed by atoms with Crippen molar-refractivity contribution in [1.82, 2.24) is 62.9 Å². The molecule has 13 N–H and O–H groups in total. The van der Waals surface area contributed by atoms with Crippen molar-refractivity contribution in [1.29, 1.82) is 0 Å². The maximum absolute atomic E-state index is 15.0. The average molecular weight is 1540 g/mol. The summed E-state index contributed by atoms with van der Waals surface area (Å²) in [5.74, 6) is -11.8. The van der Waals surface area contributed by atoms with Gasteiger partial charge in [-0.3, -0.25) is 58.3 Å². The molecule has 0 radical (unpaired) electrons. The first-order chi connectivity index (χ1) is 50.3. The molecule has 33 nitrogen and oxygen atoms in total. The highest BCUT2D eigenvalue weighted by atomic mass is 33.1. The van der Waals surface area contributed by atoms with Crippen molar-refractivity contribution >= 4 is 116 Å². The molecule has 1 saturated heterocycles. The summed E-state index contributed by atoms with van der Waals surface area (Å²) in [5, 5.41) is 58.4. The Labute approximate surface area is 627 Å². The Morgan fingerprint density at radius 2 is 1.41 bits per heavy atom. The van der Waals surface area contributed by atoms with E-state index in [9.17, 15) is 87.5 Å². The molecule has 10 amide bonds. The highest BCUT2D eigenvalue weighted by Gasteiger charge is 2.38. The summed E-state index contributed by atoms with van der Waals surface area (Å²) in [6.45, 7) is 12.9. The van der Waals surface area contributed by atoms with Gasteiger partial charge < -0.3 is 76.8 Å². The van der Waals surface area contributed by atoms with E-state index in [0.717, 1.165) is 45.8 Å². The normalized spacial score (nSPS) is 15.3. The fourth-order valence-electron chi connectivity index (χ4n) is 11.0. The van der Waals surface area contributed by atoms with Gasteiger partial charge in [0.25, 0.3) is 11.8 Å². The van der Waals surface area contributed by atoms with Gasteiger partial charge in [-0.2, -0.15) is 0 Å². The number of ether oxygens (including phenoxy) is 3. The van der Waals surface area contributed by atoms with Gasteiger partial charge in [0.15, 0.2) is 12.8 Å². The summed E-state index contributed by atoms with van der Waals surface area (Å²) in [6, 6.07) is 5.51. The minimum atomic E-state index is -1.72. The van der Waals surface area contributed by atoms with Gasteiger partial charge in [0.1, 0.15) is 52.9 Å². The predicted octanol–water partition coefficient (Wildman–Crippen LogP) is 4.99. The summed E-state index contributed by atoms with van der Waals surface area (Å²) < 4.78 is 16.8. The number of amides is 10. The van der Waals surface area contributed by atoms with E-state index in [1.54, 1.807) is 63.2 Å². The number of carboxylic acid groups (broad SMARTS) is 3. The zero-order chi connectivity index (χ0) is 78.6. The van der Waals surface area contributed by atoms with Crippen molar-refractivity contribution in [3.63, 3.8) is 0 Å². The number of thiazole rings is 1. The van der Waals surface area contributed by atoms with Crippen LogP contribution in [0.4, 0.5) is 9.59 Å². The predicted molar refractivity (Wildman–Crippen MR) is 392 cm³/mol. The summed E-state index contributed by atoms with van der Waals surface area (Å²) in [5.41, 5.74) is 6.20. The number of aromatic hydroxyl groups is 1. The molecule has 2 heterocycles. The Hall–Kier alpha value is -9.55. The molecule has 0 bridgehead atoms. The Kier molecular flexibility index (Phi) is 38.9. The minimum absolute atomic E-state index is 0.0105. The number of aromatic nitrogens is 1. The van der Waals surface area contributed by atoms with Crippen molar-refractivity contribution in [3.05, 3.63) is 93.1 Å². The number of unbranched alkanes of at least 4 members (excludes halogenated alkanes) is 1. The van der Waals surface area contributed by atoms with E-state index in [4.69, 9.17) is 14.2 Å². The number of piperidine rings is 1. The molecule has 1 fully saturated rings. The Morgan fingerprint density at radius 3 is 2.03 bits per heavy atom. The van der Waals surface area contributed by atoms with Crippen LogP contribution in [0.2, 0.25) is 0 Å². The number of likely N-dealkylation sites (N-methyl/N-ethyl adjacent to an activating group) is 1. The number of phenolic OH excluding ortho intramolecular Hbond substituents is 1. The summed E-state index contributed by atoms with van der Waals surface area (Å²) in [6.07, 6.45) is 0.632. The third-order valence-corrected chi connectivity index (χ3v) is 20.1. The van der Waals surface area contributed by atoms with E-state index >= 15 is 0 Å². The zero-order valence-corrected chi connectivity index (χ0v) is 63.4. The van der Waals surface area contributed by atoms with Crippen LogP contribution in [0.15, 0.2) is 71.2 Å². The smallest absolute Gasteiger partial charge is 0.426 e. The zero-order valence-electron chi connectivity index (χ0n) is 61.0. The molecule has 0 aliphatic carbocycles. The first-order valence-corrected chi connectivity index (χ1v) is 38.2. The lowest BCUT2D eigenvalue weighted by Gasteiger charge is -2.37. The highest BCUT2D eigenvalue weighted by molar-refractivity contribution is 8.76. The van der Waals surface area contributed by atoms with Gasteiger partial charge in [-0.1, -0.05) is 105 Å². The quantitative estimate of drug-likeness (QED) is 0.00674. The molecule has 4 rings (SSSR count). The number of rotatable bonds is 44. The van der Waals surface area contributed by atoms with E-state index in [1.807, 2.05) is 32.7 Å². The van der Waals surface area contributed by atoms with Crippen molar-refractivity contribution in [3.8, 4) is 5.75 Å². The van der Waals surface area contributed by atoms with Crippen LogP contribution in [0.3, 0.4) is 0 Å². The standard InChI is InChI=1S/C70H100N12O21S3/c1-10-19-58(88)102-39-82(66(94)59(41(5)11-2)78-64(93)54-23-16-18-29-81(54)9)55(40(3)4)36-56(103-44(8)84)65-76-52(37-104-65)63(92)73-47(33-46-24-26-48(85)27-25-46)32-42(6)60(89)79-80-70(100)101-30-31-105-106-38-53(68(97)98)75-61(90)50(34-45-20-13-12-14-21-45)74-62(91)51(35-57(86)87)77-69(99)71-28-17-15-22-49(67(95)96)72-43(7)83/h12-14,20-21,24-27,37,40,42,47,49-51,53-56,85H,10-11,15-19,22-23,28-36,38-39H2,1-9H3,(H,72,83)(H,73,92)(H,74,91)(H,75,90)(H,78,93)(H,79,89)(H,80,100)(H,86,87)(H,95,96)(H,97,98)(H2,71,77,99)/b59-41+/t42-,47+,49-,50-,51-,53-,54+,55+,56+/m0/s1. The van der Waals surface area contributed by atoms with Crippen molar-refractivity contribution in [2.75, 3.05) is 45.0 Å². The van der Waals surface area contributed by atoms with Crippen molar-refractivity contribution in [2.24, 2.45) is 11.8 Å². The van der Waals surface area contributed by atoms with Crippen LogP contribution < -0.4 is 48.1 Å². The molecular formula is C70H100N12O21S3. The van der Waals surface area contributed by atoms with E-state index in [-0.39, 0.29) is 110 Å². The molecule has 584 valence electrons. The number of aliphatic carboxylic acids is 3. The molecule has 106 heavy (non-hydrogen) atoms. The van der Waals surface area contributed by atoms with Gasteiger partial charge in [0, 0.05) is 74.5 Å². The molecule has 1 aliphatic heterocycles. The van der Waals surface area contributed by atoms with E-state index in [2.05, 4.69) is 53.1 Å². The van der Waals surface area contributed by atoms with Gasteiger partial charge in [0.2, 0.25) is 29.5 Å². The number of carbonyl (C=O) groups excluding carboxylic acids is 11. The minimum Gasteiger partial charge on any atom is -0.508 e. The van der Waals surface area contributed by atoms with Crippen LogP contribution in [-0.4, -0.2) is 206 Å². The number of hydrogen-bond donors (Lipinski definition) is 13. The van der Waals surface area contributed by atoms with Crippen LogP contribution in [0.1, 0.15) is 165 Å². The number of esters is 2. The van der Waals surface area contributed by atoms with Crippen molar-refractivity contribution in [2.45, 2.75) is 194 Å². The molecule has 1 aromatic heterocycles. The van der Waals surface area contributed by atoms with E-state index in [1.165, 1.54) is 36.3 Å². The lowest BCUT2D eigenvalue weighted by molar-refractivity contribution is -0.157. The molecule has 36 heteroatoms. The fraction of sp³-hybridized carbons (Fsp3) is 0.557. The lowest BCUT2D eigenvalue weighted by Crippen LogP contribution is -2.57. The molecule has 2 aromatic carbocycles. The number of hydrazine groups is 1. The average Bonchev–Trinajstić information content (AvgIpc) is 1.34. The number of hydrogen-bond acceptors (Lipinski definition) is 23. The van der Waals surface area contributed by atoms with Gasteiger partial charge in [0.05, 0.1) is 12.5 Å². The maximum Gasteiger partial charge on any atom is 0.426 e. The summed E-state index contributed by atoms with van der Waals surface area (Å²) in [4.78, 5) is 190. The second-order valence-electron chi connectivity index (χ2n) is 25.7. The number of benzene rings is 2. The fourth-order valence-corrected chi connectivity index (χ4v) is 13.8. The number of urea groups is 1. The number of allylic oxidation sites excluding steroid dienone is 1. The topological polar surface area (TPSA) is 475 Å². The monoisotopic (exact) mass is 1540 g/mol. The van der Waals surface area contributed by atoms with E-state index < -0.39 is 145 Å². The second-order valence-corrected chi connectivity index (χ2v) is 29.2. The number of nitrogens with zero attached hydrogens (tertiary/aromatic N) is 3. The molecule has 0 saturated carbocycles. The van der Waals surface area contributed by atoms with Gasteiger partial charge >= 0.3 is 42.0 Å². The Balaban J connectivity index is 1.37. The maximum atomic E-state index is 15.0. The SMILES string of the molecule is CCCC(=O)OCN(C(=O)/C(NC(=O)[C@H]1CCCCN1C)=C(/C)CC)[C@H](C[C@@H](OC(C)=O)c1nc(C(=O)N[C@@H](Cc2ccc(O)cc2)C[C@H](C)C(=O)NNC(=O)OCCSSC[C@H](NC(=O)[C@H](Cc2ccccc2)NC(=O)[C@H](CC(=O)O)NC(=O)NCCCC[C@H](NC(C)=O)C(=O)O)C(=O)O)cs1)C(C)C. The first kappa shape index (κ1) is 88.8. The largest absolute Gasteiger partial charge is 0.508 e. The van der Waals surface area contributed by atoms with Crippen LogP contribution in [0, 0.1) is 11.8 Å². The summed E-state index contributed by atoms with van der Waals surface area (Å²) in [7, 11) is 3.91. The van der Waals surface area contributed by atoms with Gasteiger partial charge in [-0.15, -0.1) is 11.3 Å². The van der Waals surface area contributed by atoms with Gasteiger partial charge in [-0.25, -0.2) is 29.6 Å². The molecule has 0 unspecified atom stereocenters. The van der Waals surface area contributed by atoms with Gasteiger partial charge in [-0.05, 0) is 113 Å². The van der Waals surface area contributed by atoms with Crippen LogP contribution in [0.5, 0.6) is 5.75 Å². The van der Waals surface area contributed by atoms with Crippen LogP contribution in [-0.2, 0) is 79.8 Å². The van der Waals surface area contributed by atoms with Crippen LogP contribution >= 0.6 is 32.9 Å². The molecule has 3 aromatic rings. The Morgan fingerprint density at radius 1 is 0.736 bits per heavy atom. The summed E-state index contributed by atoms with van der Waals surface area (Å²) >= 11 is 1.01. The molecular weight excluding hydrogens is 1440 g/mol. The van der Waals surface area contributed by atoms with Crippen LogP contribution in [0.25, 0.3) is 0 Å². The van der Waals surface area contributed by atoms with E-state index in [0.29, 0.717) is 42.5 Å². The Bertz CT molecular complexity index is 3510. The third kappa shape index (κ3) is 32.0. The lowest BCUT2D eigenvalue weighted by atomic mass is 9.95. The number of phenols is 1. The number of likely N-dealkylation sites (tertiary alicyclic amines) is 1. The highest BCUT2D eigenvalue weighted by Crippen LogP contribution is 2.32. The third-order valence-electron chi connectivity index (χ3n) is 16.8. The molecule has 1 aliphatic rings. The second kappa shape index (κ2) is 46.4. The number of carboxylic acids is 3. The molecule has 9 atom stereocenters. The number of carbonyl (C=O) groups is 14. The molecule has 0 spiro atoms. The van der Waals surface area contributed by atoms with Crippen molar-refractivity contribution < 1.29 is 102 Å². The first-order valence-electron chi connectivity index (χ1n) is 34.8.